The first kappa shape index (κ1) is 25.0. The van der Waals surface area contributed by atoms with Crippen molar-refractivity contribution in [2.75, 3.05) is 24.5 Å². The summed E-state index contributed by atoms with van der Waals surface area (Å²) in [6.07, 6.45) is -1.94. The van der Waals surface area contributed by atoms with Crippen LogP contribution in [0.15, 0.2) is 36.5 Å². The van der Waals surface area contributed by atoms with E-state index in [0.29, 0.717) is 24.7 Å². The summed E-state index contributed by atoms with van der Waals surface area (Å²) in [5, 5.41) is 8.98. The standard InChI is InChI=1S/C25H32F3N3O2/c1-17(2)10-22-16-30(15-20-12-18(3)11-19(13-20)4-7-24(32)33)8-9-31(22)23-6-5-21(14-29-23)25(26,27)28/h5-6,11-14,17,22H,4,7-10,15-16H2,1-3H3,(H,32,33)/t22-/m1/s1. The fraction of sp³-hybridized carbons (Fsp3) is 0.520. The number of hydrogen-bond acceptors (Lipinski definition) is 4. The van der Waals surface area contributed by atoms with Gasteiger partial charge >= 0.3 is 12.1 Å². The zero-order chi connectivity index (χ0) is 24.2. The molecule has 180 valence electrons. The lowest BCUT2D eigenvalue weighted by Crippen LogP contribution is -2.53. The maximum absolute atomic E-state index is 12.9. The Morgan fingerprint density at radius 1 is 1.18 bits per heavy atom. The van der Waals surface area contributed by atoms with E-state index < -0.39 is 17.7 Å². The van der Waals surface area contributed by atoms with Crippen LogP contribution in [0.2, 0.25) is 0 Å². The molecular weight excluding hydrogens is 431 g/mol. The van der Waals surface area contributed by atoms with Gasteiger partial charge in [-0.15, -0.1) is 0 Å². The van der Waals surface area contributed by atoms with Gasteiger partial charge in [0.25, 0.3) is 0 Å². The number of anilines is 1. The molecule has 1 N–H and O–H groups in total. The van der Waals surface area contributed by atoms with E-state index in [9.17, 15) is 18.0 Å². The lowest BCUT2D eigenvalue weighted by Gasteiger charge is -2.43. The molecule has 2 aromatic rings. The topological polar surface area (TPSA) is 56.7 Å². The highest BCUT2D eigenvalue weighted by atomic mass is 19.4. The van der Waals surface area contributed by atoms with Gasteiger partial charge in [-0.2, -0.15) is 13.2 Å². The maximum Gasteiger partial charge on any atom is 0.417 e. The predicted molar refractivity (Wildman–Crippen MR) is 122 cm³/mol. The molecule has 0 aliphatic carbocycles. The molecule has 0 amide bonds. The van der Waals surface area contributed by atoms with Crippen molar-refractivity contribution in [3.63, 3.8) is 0 Å². The first-order chi connectivity index (χ1) is 15.5. The van der Waals surface area contributed by atoms with E-state index in [4.69, 9.17) is 5.11 Å². The van der Waals surface area contributed by atoms with Crippen molar-refractivity contribution >= 4 is 11.8 Å². The largest absolute Gasteiger partial charge is 0.481 e. The molecule has 5 nitrogen and oxygen atoms in total. The molecule has 0 spiro atoms. The predicted octanol–water partition coefficient (Wildman–Crippen LogP) is 5.16. The van der Waals surface area contributed by atoms with Gasteiger partial charge < -0.3 is 10.0 Å². The van der Waals surface area contributed by atoms with Crippen LogP contribution in [0.3, 0.4) is 0 Å². The summed E-state index contributed by atoms with van der Waals surface area (Å²) >= 11 is 0. The first-order valence-corrected chi connectivity index (χ1v) is 11.3. The molecule has 1 atom stereocenters. The minimum absolute atomic E-state index is 0.109. The summed E-state index contributed by atoms with van der Waals surface area (Å²) in [4.78, 5) is 19.6. The Morgan fingerprint density at radius 3 is 2.52 bits per heavy atom. The molecule has 3 rings (SSSR count). The lowest BCUT2D eigenvalue weighted by molar-refractivity contribution is -0.138. The van der Waals surface area contributed by atoms with Gasteiger partial charge in [-0.1, -0.05) is 37.6 Å². The van der Waals surface area contributed by atoms with Crippen LogP contribution in [0.5, 0.6) is 0 Å². The average Bonchev–Trinajstić information content (AvgIpc) is 2.71. The number of aryl methyl sites for hydroxylation is 2. The highest BCUT2D eigenvalue weighted by molar-refractivity contribution is 5.67. The third-order valence-electron chi connectivity index (χ3n) is 5.91. The van der Waals surface area contributed by atoms with E-state index in [1.54, 1.807) is 0 Å². The number of aliphatic carboxylic acids is 1. The smallest absolute Gasteiger partial charge is 0.417 e. The Labute approximate surface area is 193 Å². The van der Waals surface area contributed by atoms with Crippen molar-refractivity contribution < 1.29 is 23.1 Å². The van der Waals surface area contributed by atoms with Crippen molar-refractivity contribution in [1.82, 2.24) is 9.88 Å². The van der Waals surface area contributed by atoms with Gasteiger partial charge in [-0.25, -0.2) is 4.98 Å². The minimum atomic E-state index is -4.39. The van der Waals surface area contributed by atoms with Crippen LogP contribution in [0.4, 0.5) is 19.0 Å². The fourth-order valence-electron chi connectivity index (χ4n) is 4.53. The number of piperazine rings is 1. The second-order valence-electron chi connectivity index (χ2n) is 9.34. The van der Waals surface area contributed by atoms with E-state index in [-0.39, 0.29) is 12.5 Å². The Morgan fingerprint density at radius 2 is 1.91 bits per heavy atom. The lowest BCUT2D eigenvalue weighted by atomic mass is 9.98. The number of halogens is 3. The molecule has 1 aliphatic heterocycles. The molecule has 0 bridgehead atoms. The number of benzene rings is 1. The van der Waals surface area contributed by atoms with E-state index >= 15 is 0 Å². The van der Waals surface area contributed by atoms with Gasteiger partial charge in [0.05, 0.1) is 5.56 Å². The number of carbonyl (C=O) groups is 1. The number of aromatic nitrogens is 1. The third-order valence-corrected chi connectivity index (χ3v) is 5.91. The third kappa shape index (κ3) is 7.19. The number of carboxylic acids is 1. The zero-order valence-corrected chi connectivity index (χ0v) is 19.4. The Bertz CT molecular complexity index is 945. The van der Waals surface area contributed by atoms with Crippen molar-refractivity contribution in [2.45, 2.75) is 58.8 Å². The molecule has 1 aliphatic rings. The maximum atomic E-state index is 12.9. The SMILES string of the molecule is Cc1cc(CCC(=O)O)cc(CN2CCN(c3ccc(C(F)(F)F)cn3)[C@H](CC(C)C)C2)c1. The van der Waals surface area contributed by atoms with Gasteiger partial charge in [-0.05, 0) is 48.9 Å². The van der Waals surface area contributed by atoms with Crippen LogP contribution in [-0.4, -0.2) is 46.6 Å². The zero-order valence-electron chi connectivity index (χ0n) is 19.4. The van der Waals surface area contributed by atoms with Crippen LogP contribution >= 0.6 is 0 Å². The number of alkyl halides is 3. The number of pyridine rings is 1. The highest BCUT2D eigenvalue weighted by Gasteiger charge is 2.32. The van der Waals surface area contributed by atoms with Crippen LogP contribution < -0.4 is 4.90 Å². The molecule has 0 unspecified atom stereocenters. The first-order valence-electron chi connectivity index (χ1n) is 11.3. The number of nitrogens with zero attached hydrogens (tertiary/aromatic N) is 3. The van der Waals surface area contributed by atoms with Gasteiger partial charge in [0.2, 0.25) is 0 Å². The molecule has 1 saturated heterocycles. The van der Waals surface area contributed by atoms with Gasteiger partial charge in [0, 0.05) is 44.8 Å². The highest BCUT2D eigenvalue weighted by Crippen LogP contribution is 2.31. The van der Waals surface area contributed by atoms with Crippen LogP contribution in [0, 0.1) is 12.8 Å². The number of carboxylic acid groups (broad SMARTS) is 1. The quantitative estimate of drug-likeness (QED) is 0.586. The van der Waals surface area contributed by atoms with Crippen LogP contribution in [0.25, 0.3) is 0 Å². The fourth-order valence-corrected chi connectivity index (χ4v) is 4.53. The monoisotopic (exact) mass is 463 g/mol. The van der Waals surface area contributed by atoms with E-state index in [1.807, 2.05) is 13.0 Å². The molecule has 1 aromatic heterocycles. The second-order valence-corrected chi connectivity index (χ2v) is 9.34. The van der Waals surface area contributed by atoms with E-state index in [2.05, 4.69) is 40.8 Å². The summed E-state index contributed by atoms with van der Waals surface area (Å²) in [5.41, 5.74) is 2.56. The van der Waals surface area contributed by atoms with E-state index in [0.717, 1.165) is 55.0 Å². The van der Waals surface area contributed by atoms with E-state index in [1.165, 1.54) is 6.07 Å². The molecule has 33 heavy (non-hydrogen) atoms. The number of rotatable bonds is 8. The summed E-state index contributed by atoms with van der Waals surface area (Å²) in [7, 11) is 0. The summed E-state index contributed by atoms with van der Waals surface area (Å²) in [6, 6.07) is 8.97. The van der Waals surface area contributed by atoms with Gasteiger partial charge in [0.15, 0.2) is 0 Å². The minimum Gasteiger partial charge on any atom is -0.481 e. The Hall–Kier alpha value is -2.61. The van der Waals surface area contributed by atoms with Crippen LogP contribution in [-0.2, 0) is 23.9 Å². The van der Waals surface area contributed by atoms with Crippen molar-refractivity contribution in [1.29, 1.82) is 0 Å². The number of hydrogen-bond donors (Lipinski definition) is 1. The summed E-state index contributed by atoms with van der Waals surface area (Å²) in [5.74, 6) is 0.218. The molecule has 0 radical (unpaired) electrons. The second kappa shape index (κ2) is 10.5. The van der Waals surface area contributed by atoms with Crippen LogP contribution in [0.1, 0.15) is 48.9 Å². The average molecular weight is 464 g/mol. The molecule has 8 heteroatoms. The van der Waals surface area contributed by atoms with Crippen molar-refractivity contribution in [2.24, 2.45) is 5.92 Å². The van der Waals surface area contributed by atoms with Crippen molar-refractivity contribution in [3.8, 4) is 0 Å². The Balaban J connectivity index is 1.72. The molecule has 1 fully saturated rings. The van der Waals surface area contributed by atoms with Crippen molar-refractivity contribution in [3.05, 3.63) is 58.8 Å². The normalized spacial score (nSPS) is 17.5. The molecule has 0 saturated carbocycles. The molecular formula is C25H32F3N3O2. The summed E-state index contributed by atoms with van der Waals surface area (Å²) < 4.78 is 38.8. The van der Waals surface area contributed by atoms with Gasteiger partial charge in [-0.3, -0.25) is 9.69 Å². The Kier molecular flexibility index (Phi) is 8.00. The van der Waals surface area contributed by atoms with Gasteiger partial charge in [0.1, 0.15) is 5.82 Å². The molecule has 2 heterocycles. The molecule has 1 aromatic carbocycles. The summed E-state index contributed by atoms with van der Waals surface area (Å²) in [6.45, 7) is 9.32.